The van der Waals surface area contributed by atoms with E-state index in [-0.39, 0.29) is 17.3 Å². The van der Waals surface area contributed by atoms with Gasteiger partial charge in [-0.15, -0.1) is 0 Å². The van der Waals surface area contributed by atoms with Crippen LogP contribution in [0.25, 0.3) is 0 Å². The fraction of sp³-hybridized carbons (Fsp3) is 0.368. The van der Waals surface area contributed by atoms with E-state index in [2.05, 4.69) is 10.2 Å². The van der Waals surface area contributed by atoms with Crippen LogP contribution in [0.4, 0.5) is 15.8 Å². The summed E-state index contributed by atoms with van der Waals surface area (Å²) in [5.74, 6) is 0.198. The van der Waals surface area contributed by atoms with Crippen molar-refractivity contribution < 1.29 is 12.8 Å². The van der Waals surface area contributed by atoms with Gasteiger partial charge in [-0.3, -0.25) is 0 Å². The van der Waals surface area contributed by atoms with Gasteiger partial charge in [0.1, 0.15) is 5.82 Å². The fourth-order valence-electron chi connectivity index (χ4n) is 3.11. The van der Waals surface area contributed by atoms with E-state index in [1.165, 1.54) is 6.07 Å². The maximum Gasteiger partial charge on any atom is 0.153 e. The number of nitrogens with zero attached hydrogens (tertiary/aromatic N) is 1. The highest BCUT2D eigenvalue weighted by atomic mass is 32.2. The summed E-state index contributed by atoms with van der Waals surface area (Å²) < 4.78 is 37.2. The van der Waals surface area contributed by atoms with E-state index in [9.17, 15) is 12.8 Å². The van der Waals surface area contributed by atoms with E-state index in [1.54, 1.807) is 6.07 Å². The number of sulfone groups is 1. The molecule has 2 aromatic carbocycles. The van der Waals surface area contributed by atoms with Gasteiger partial charge in [-0.25, -0.2) is 12.8 Å². The molecule has 6 heteroatoms. The lowest BCUT2D eigenvalue weighted by atomic mass is 10.0. The second-order valence-electron chi connectivity index (χ2n) is 6.27. The molecule has 1 aliphatic rings. The monoisotopic (exact) mass is 362 g/mol. The van der Waals surface area contributed by atoms with Gasteiger partial charge in [-0.2, -0.15) is 0 Å². The van der Waals surface area contributed by atoms with Crippen LogP contribution in [0.3, 0.4) is 0 Å². The van der Waals surface area contributed by atoms with Crippen molar-refractivity contribution in [3.05, 3.63) is 59.4 Å². The lowest BCUT2D eigenvalue weighted by Gasteiger charge is -2.29. The molecule has 0 saturated carbocycles. The normalized spacial score (nSPS) is 16.6. The smallest absolute Gasteiger partial charge is 0.153 e. The number of aryl methyl sites for hydroxylation is 1. The molecule has 2 aromatic rings. The summed E-state index contributed by atoms with van der Waals surface area (Å²) in [6, 6.07) is 13.0. The molecule has 1 saturated heterocycles. The van der Waals surface area contributed by atoms with Gasteiger partial charge in [-0.05, 0) is 36.2 Å². The van der Waals surface area contributed by atoms with E-state index in [0.29, 0.717) is 25.2 Å². The number of halogens is 1. The number of hydrogen-bond acceptors (Lipinski definition) is 4. The van der Waals surface area contributed by atoms with Gasteiger partial charge in [0.2, 0.25) is 0 Å². The van der Waals surface area contributed by atoms with E-state index >= 15 is 0 Å². The van der Waals surface area contributed by atoms with Crippen molar-refractivity contribution in [1.82, 2.24) is 0 Å². The molecule has 0 spiro atoms. The first kappa shape index (κ1) is 17.7. The molecular formula is C19H23FN2O2S. The highest BCUT2D eigenvalue weighted by molar-refractivity contribution is 7.91. The van der Waals surface area contributed by atoms with Crippen molar-refractivity contribution >= 4 is 21.2 Å². The third-order valence-corrected chi connectivity index (χ3v) is 6.23. The lowest BCUT2D eigenvalue weighted by Crippen LogP contribution is -2.40. The van der Waals surface area contributed by atoms with Crippen molar-refractivity contribution in [3.63, 3.8) is 0 Å². The Morgan fingerprint density at radius 1 is 1.12 bits per heavy atom. The average molecular weight is 362 g/mol. The minimum Gasteiger partial charge on any atom is -0.381 e. The van der Waals surface area contributed by atoms with Crippen molar-refractivity contribution in [2.24, 2.45) is 0 Å². The van der Waals surface area contributed by atoms with E-state index in [4.69, 9.17) is 0 Å². The van der Waals surface area contributed by atoms with Crippen LogP contribution >= 0.6 is 0 Å². The van der Waals surface area contributed by atoms with Crippen LogP contribution in [0.1, 0.15) is 18.1 Å². The summed E-state index contributed by atoms with van der Waals surface area (Å²) in [6.45, 7) is 3.47. The number of hydrogen-bond donors (Lipinski definition) is 1. The first-order valence-electron chi connectivity index (χ1n) is 8.54. The quantitative estimate of drug-likeness (QED) is 0.887. The Labute approximate surface area is 148 Å². The Bertz CT molecular complexity index is 838. The Balaban J connectivity index is 1.71. The molecule has 0 atom stereocenters. The maximum absolute atomic E-state index is 14.1. The van der Waals surface area contributed by atoms with Gasteiger partial charge in [0.15, 0.2) is 9.84 Å². The number of anilines is 2. The molecule has 0 aliphatic carbocycles. The molecule has 4 nitrogen and oxygen atoms in total. The maximum atomic E-state index is 14.1. The molecule has 0 radical (unpaired) electrons. The van der Waals surface area contributed by atoms with Gasteiger partial charge in [-0.1, -0.05) is 25.1 Å². The van der Waals surface area contributed by atoms with Crippen LogP contribution in [-0.4, -0.2) is 33.0 Å². The Morgan fingerprint density at radius 3 is 2.56 bits per heavy atom. The van der Waals surface area contributed by atoms with Crippen LogP contribution in [0.15, 0.2) is 42.5 Å². The highest BCUT2D eigenvalue weighted by Crippen LogP contribution is 2.23. The molecule has 0 amide bonds. The first-order chi connectivity index (χ1) is 12.0. The van der Waals surface area contributed by atoms with Crippen LogP contribution < -0.4 is 10.2 Å². The van der Waals surface area contributed by atoms with Crippen molar-refractivity contribution in [1.29, 1.82) is 0 Å². The van der Waals surface area contributed by atoms with Gasteiger partial charge in [0.05, 0.1) is 11.5 Å². The predicted octanol–water partition coefficient (Wildman–Crippen LogP) is 3.24. The molecule has 134 valence electrons. The lowest BCUT2D eigenvalue weighted by molar-refractivity contribution is 0.587. The van der Waals surface area contributed by atoms with Gasteiger partial charge in [0, 0.05) is 36.6 Å². The van der Waals surface area contributed by atoms with Gasteiger partial charge in [0.25, 0.3) is 0 Å². The zero-order valence-corrected chi connectivity index (χ0v) is 15.2. The molecule has 3 rings (SSSR count). The van der Waals surface area contributed by atoms with E-state index in [0.717, 1.165) is 23.4 Å². The topological polar surface area (TPSA) is 49.4 Å². The molecule has 1 aliphatic heterocycles. The number of benzene rings is 2. The SMILES string of the molecule is CCc1cccc(F)c1CNc1cccc(N2CCS(=O)(=O)CC2)c1. The summed E-state index contributed by atoms with van der Waals surface area (Å²) in [5, 5.41) is 3.29. The molecule has 1 heterocycles. The van der Waals surface area contributed by atoms with Crippen LogP contribution in [0.2, 0.25) is 0 Å². The summed E-state index contributed by atoms with van der Waals surface area (Å²) in [4.78, 5) is 2.08. The Hall–Kier alpha value is -2.08. The molecule has 1 fully saturated rings. The number of nitrogens with one attached hydrogen (secondary N) is 1. The Kier molecular flexibility index (Phi) is 5.27. The van der Waals surface area contributed by atoms with Crippen LogP contribution in [-0.2, 0) is 22.8 Å². The predicted molar refractivity (Wildman–Crippen MR) is 100 cm³/mol. The average Bonchev–Trinajstić information content (AvgIpc) is 2.60. The van der Waals surface area contributed by atoms with E-state index < -0.39 is 9.84 Å². The summed E-state index contributed by atoms with van der Waals surface area (Å²) in [5.41, 5.74) is 3.59. The largest absolute Gasteiger partial charge is 0.381 e. The molecule has 0 aromatic heterocycles. The second-order valence-corrected chi connectivity index (χ2v) is 8.58. The van der Waals surface area contributed by atoms with Gasteiger partial charge < -0.3 is 10.2 Å². The molecule has 1 N–H and O–H groups in total. The number of rotatable bonds is 5. The van der Waals surface area contributed by atoms with Crippen molar-refractivity contribution in [2.45, 2.75) is 19.9 Å². The fourth-order valence-corrected chi connectivity index (χ4v) is 4.31. The van der Waals surface area contributed by atoms with Gasteiger partial charge >= 0.3 is 0 Å². The summed E-state index contributed by atoms with van der Waals surface area (Å²) >= 11 is 0. The minimum atomic E-state index is -2.89. The molecule has 0 bridgehead atoms. The summed E-state index contributed by atoms with van der Waals surface area (Å²) in [7, 11) is -2.89. The second kappa shape index (κ2) is 7.44. The van der Waals surface area contributed by atoms with Crippen LogP contribution in [0, 0.1) is 5.82 Å². The van der Waals surface area contributed by atoms with Crippen molar-refractivity contribution in [2.75, 3.05) is 34.8 Å². The molecule has 0 unspecified atom stereocenters. The zero-order valence-electron chi connectivity index (χ0n) is 14.3. The third-order valence-electron chi connectivity index (χ3n) is 4.62. The zero-order chi connectivity index (χ0) is 17.9. The standard InChI is InChI=1S/C19H23FN2O2S/c1-2-15-5-3-8-19(20)18(15)14-21-16-6-4-7-17(13-16)22-9-11-25(23,24)12-10-22/h3-8,13,21H,2,9-12,14H2,1H3. The third kappa shape index (κ3) is 4.31. The minimum absolute atomic E-state index is 0.191. The Morgan fingerprint density at radius 2 is 1.84 bits per heavy atom. The highest BCUT2D eigenvalue weighted by Gasteiger charge is 2.21. The summed E-state index contributed by atoms with van der Waals surface area (Å²) in [6.07, 6.45) is 0.789. The molecule has 25 heavy (non-hydrogen) atoms. The van der Waals surface area contributed by atoms with Crippen molar-refractivity contribution in [3.8, 4) is 0 Å². The van der Waals surface area contributed by atoms with E-state index in [1.807, 2.05) is 37.3 Å². The van der Waals surface area contributed by atoms with Crippen LogP contribution in [0.5, 0.6) is 0 Å². The molecular weight excluding hydrogens is 339 g/mol. The first-order valence-corrected chi connectivity index (χ1v) is 10.4.